The van der Waals surface area contributed by atoms with E-state index < -0.39 is 16.9 Å². The van der Waals surface area contributed by atoms with Gasteiger partial charge >= 0.3 is 286 Å². The molecule has 0 heterocycles. The zero-order valence-electron chi connectivity index (χ0n) is 38.9. The fraction of sp³-hybridized carbons (Fsp3) is 0.808. The van der Waals surface area contributed by atoms with Gasteiger partial charge in [0.15, 0.2) is 0 Å². The summed E-state index contributed by atoms with van der Waals surface area (Å²) >= 11 is 0. The minimum atomic E-state index is -4.04. The third-order valence-electron chi connectivity index (χ3n) is 13.1. The Morgan fingerprint density at radius 1 is 0.439 bits per heavy atom. The minimum absolute atomic E-state index is 0.542. The van der Waals surface area contributed by atoms with Crippen LogP contribution in [-0.4, -0.2) is 33.1 Å². The van der Waals surface area contributed by atoms with Gasteiger partial charge in [-0.05, 0) is 0 Å². The first kappa shape index (κ1) is 52.2. The first-order valence-corrected chi connectivity index (χ1v) is 29.6. The van der Waals surface area contributed by atoms with Gasteiger partial charge in [-0.3, -0.25) is 0 Å². The Kier molecular flexibility index (Phi) is 28.4. The smallest absolute Gasteiger partial charge is 0.0654 e. The Balaban J connectivity index is 2.47. The molecule has 0 fully saturated rings. The molecule has 0 N–H and O–H groups in total. The first-order chi connectivity index (χ1) is 27.7. The molecule has 5 heteroatoms. The van der Waals surface area contributed by atoms with Crippen molar-refractivity contribution < 1.29 is 12.4 Å². The number of fused-ring (bicyclic) bond motifs is 1. The quantitative estimate of drug-likeness (QED) is 0.0498. The summed E-state index contributed by atoms with van der Waals surface area (Å²) in [4.78, 5) is 0.542. The molecular weight excluding hydrogens is 736 g/mol. The van der Waals surface area contributed by atoms with Gasteiger partial charge in [0.1, 0.15) is 0 Å². The van der Waals surface area contributed by atoms with Gasteiger partial charge in [0.25, 0.3) is 0 Å². The molecule has 0 aliphatic carbocycles. The molecule has 0 amide bonds. The Morgan fingerprint density at radius 3 is 1.19 bits per heavy atom. The van der Waals surface area contributed by atoms with Crippen LogP contribution in [-0.2, 0) is 26.9 Å². The Bertz CT molecular complexity index is 1360. The maximum absolute atomic E-state index is 15.6. The topological polar surface area (TPSA) is 43.4 Å². The van der Waals surface area contributed by atoms with Gasteiger partial charge in [-0.15, -0.1) is 0 Å². The molecule has 2 aromatic rings. The molecular formula is C52H95O3PS. The Labute approximate surface area is 356 Å². The van der Waals surface area contributed by atoms with Gasteiger partial charge < -0.3 is 0 Å². The van der Waals surface area contributed by atoms with Crippen LogP contribution in [0.15, 0.2) is 35.2 Å². The number of hydrogen-bond acceptors (Lipinski definition) is 3. The monoisotopic (exact) mass is 831 g/mol. The van der Waals surface area contributed by atoms with E-state index in [1.807, 2.05) is 6.07 Å². The molecule has 0 unspecified atom stereocenters. The third kappa shape index (κ3) is 19.5. The van der Waals surface area contributed by atoms with E-state index in [1.54, 1.807) is 0 Å². The van der Waals surface area contributed by atoms with Gasteiger partial charge in [0, 0.05) is 0 Å². The summed E-state index contributed by atoms with van der Waals surface area (Å²) in [5.41, 5.74) is 2.36. The van der Waals surface area contributed by atoms with Crippen LogP contribution in [0, 0.1) is 0 Å². The van der Waals surface area contributed by atoms with Gasteiger partial charge in [0.2, 0.25) is 0 Å². The summed E-state index contributed by atoms with van der Waals surface area (Å²) in [6.07, 6.45) is 42.9. The molecule has 0 aromatic heterocycles. The molecule has 2 aromatic carbocycles. The van der Waals surface area contributed by atoms with Crippen LogP contribution in [0.25, 0.3) is 10.8 Å². The van der Waals surface area contributed by atoms with Crippen LogP contribution >= 0.6 is 6.83 Å². The zero-order valence-corrected chi connectivity index (χ0v) is 40.6. The van der Waals surface area contributed by atoms with Crippen molar-refractivity contribution in [3.8, 4) is 0 Å². The van der Waals surface area contributed by atoms with E-state index in [0.29, 0.717) is 4.90 Å². The van der Waals surface area contributed by atoms with Crippen LogP contribution in [0.1, 0.15) is 245 Å². The third-order valence-corrected chi connectivity index (χ3v) is 22.4. The summed E-state index contributed by atoms with van der Waals surface area (Å²) in [7, 11) is -4.04. The fourth-order valence-corrected chi connectivity index (χ4v) is 20.0. The summed E-state index contributed by atoms with van der Waals surface area (Å²) in [6.45, 7) is 10.5. The molecule has 3 nitrogen and oxygen atoms in total. The van der Waals surface area contributed by atoms with Crippen molar-refractivity contribution in [1.82, 2.24) is 0 Å². The van der Waals surface area contributed by atoms with E-state index in [0.717, 1.165) is 118 Å². The SMILES string of the molecule is CCCCCCCCCCCCCc1cc2ccccc2c(S(=O)(=O)OP(CCCC)(CCCC)(CCCC)CCCC)c1CCCCCCCCCCCCC. The van der Waals surface area contributed by atoms with Gasteiger partial charge in [-0.2, -0.15) is 0 Å². The van der Waals surface area contributed by atoms with E-state index in [2.05, 4.69) is 65.8 Å². The molecule has 0 saturated heterocycles. The van der Waals surface area contributed by atoms with E-state index in [4.69, 9.17) is 3.97 Å². The summed E-state index contributed by atoms with van der Waals surface area (Å²) in [5.74, 6) is 0. The maximum atomic E-state index is 15.6. The van der Waals surface area contributed by atoms with Crippen molar-refractivity contribution in [2.24, 2.45) is 0 Å². The van der Waals surface area contributed by atoms with Crippen LogP contribution in [0.4, 0.5) is 0 Å². The second-order valence-electron chi connectivity index (χ2n) is 18.3. The first-order valence-electron chi connectivity index (χ1n) is 25.3. The number of unbranched alkanes of at least 4 members (excludes halogenated alkanes) is 24. The zero-order chi connectivity index (χ0) is 41.5. The standard InChI is InChI=1S/C52H95O3PS/c1-7-13-19-21-23-25-27-29-31-33-35-39-48-47-49-40-37-38-42-51(49)52(50(48)41-36-34-32-30-28-26-24-22-20-14-8-2)57(53,54)55-56(43-15-9-3,44-16-10-4,45-17-11-5)46-18-12-6/h37-38,40,42,47H,7-36,39,41,43-46H2,1-6H3. The van der Waals surface area contributed by atoms with E-state index in [1.165, 1.54) is 134 Å². The predicted octanol–water partition coefficient (Wildman–Crippen LogP) is 17.9. The van der Waals surface area contributed by atoms with Crippen molar-refractivity contribution in [2.45, 2.75) is 252 Å². The average Bonchev–Trinajstić information content (AvgIpc) is 3.21. The van der Waals surface area contributed by atoms with Crippen molar-refractivity contribution in [3.63, 3.8) is 0 Å². The molecule has 0 spiro atoms. The average molecular weight is 831 g/mol. The van der Waals surface area contributed by atoms with E-state index >= 15 is 8.42 Å². The molecule has 0 bridgehead atoms. The van der Waals surface area contributed by atoms with Crippen LogP contribution in [0.5, 0.6) is 0 Å². The number of benzene rings is 2. The predicted molar refractivity (Wildman–Crippen MR) is 259 cm³/mol. The molecule has 0 radical (unpaired) electrons. The normalized spacial score (nSPS) is 13.1. The van der Waals surface area contributed by atoms with Gasteiger partial charge in [0.05, 0.1) is 0 Å². The van der Waals surface area contributed by atoms with Crippen molar-refractivity contribution in [3.05, 3.63) is 41.5 Å². The van der Waals surface area contributed by atoms with Gasteiger partial charge in [-0.25, -0.2) is 0 Å². The summed E-state index contributed by atoms with van der Waals surface area (Å²) in [5, 5.41) is 1.94. The summed E-state index contributed by atoms with van der Waals surface area (Å²) in [6, 6.07) is 10.7. The van der Waals surface area contributed by atoms with Gasteiger partial charge in [-0.1, -0.05) is 71.6 Å². The number of hydrogen-bond donors (Lipinski definition) is 0. The van der Waals surface area contributed by atoms with E-state index in [9.17, 15) is 0 Å². The van der Waals surface area contributed by atoms with Crippen molar-refractivity contribution >= 4 is 27.7 Å². The Morgan fingerprint density at radius 2 is 0.789 bits per heavy atom. The van der Waals surface area contributed by atoms with E-state index in [-0.39, 0.29) is 0 Å². The van der Waals surface area contributed by atoms with Crippen LogP contribution in [0.2, 0.25) is 0 Å². The number of aryl methyl sites for hydroxylation is 1. The molecule has 2 rings (SSSR count). The molecule has 0 atom stereocenters. The molecule has 0 saturated carbocycles. The Hall–Kier alpha value is -0.960. The number of rotatable bonds is 39. The molecule has 332 valence electrons. The fourth-order valence-electron chi connectivity index (χ4n) is 9.51. The molecule has 0 aliphatic rings. The minimum Gasteiger partial charge on any atom is -0.0654 e. The second-order valence-corrected chi connectivity index (χ2v) is 25.7. The second kappa shape index (κ2) is 31.0. The molecule has 0 aliphatic heterocycles. The summed E-state index contributed by atoms with van der Waals surface area (Å²) < 4.78 is 38.5. The van der Waals surface area contributed by atoms with Crippen molar-refractivity contribution in [1.29, 1.82) is 0 Å². The van der Waals surface area contributed by atoms with Crippen LogP contribution < -0.4 is 0 Å². The van der Waals surface area contributed by atoms with Crippen LogP contribution in [0.3, 0.4) is 0 Å². The molecule has 57 heavy (non-hydrogen) atoms. The van der Waals surface area contributed by atoms with Crippen molar-refractivity contribution in [2.75, 3.05) is 24.6 Å².